The third kappa shape index (κ3) is 6.19. The summed E-state index contributed by atoms with van der Waals surface area (Å²) in [5.74, 6) is 0.755. The Morgan fingerprint density at radius 1 is 1.00 bits per heavy atom. The van der Waals surface area contributed by atoms with Crippen molar-refractivity contribution in [1.29, 1.82) is 0 Å². The lowest BCUT2D eigenvalue weighted by Gasteiger charge is -2.13. The second-order valence-electron chi connectivity index (χ2n) is 11.1. The molecule has 232 valence electrons. The Morgan fingerprint density at radius 2 is 1.73 bits per heavy atom. The monoisotopic (exact) mass is 688 g/mol. The van der Waals surface area contributed by atoms with Crippen molar-refractivity contribution < 1.29 is 22.4 Å². The fraction of sp³-hybridized carbons (Fsp3) is 0.265. The van der Waals surface area contributed by atoms with Crippen molar-refractivity contribution >= 4 is 48.7 Å². The first-order chi connectivity index (χ1) is 21.7. The summed E-state index contributed by atoms with van der Waals surface area (Å²) in [4.78, 5) is 31.5. The summed E-state index contributed by atoms with van der Waals surface area (Å²) in [7, 11) is -4.08. The molecule has 5 aromatic rings. The van der Waals surface area contributed by atoms with Crippen LogP contribution >= 0.6 is 15.9 Å². The number of imidazole rings is 1. The molecule has 1 saturated carbocycles. The predicted molar refractivity (Wildman–Crippen MR) is 176 cm³/mol. The lowest BCUT2D eigenvalue weighted by Crippen LogP contribution is -2.30. The number of aromatic nitrogens is 2. The number of furan rings is 1. The molecule has 45 heavy (non-hydrogen) atoms. The molecule has 0 atom stereocenters. The number of sulfonamides is 1. The van der Waals surface area contributed by atoms with Gasteiger partial charge >= 0.3 is 0 Å². The highest BCUT2D eigenvalue weighted by Gasteiger charge is 2.34. The van der Waals surface area contributed by atoms with Crippen molar-refractivity contribution in [2.45, 2.75) is 56.9 Å². The van der Waals surface area contributed by atoms with Crippen LogP contribution in [-0.2, 0) is 23.0 Å². The fourth-order valence-electron chi connectivity index (χ4n) is 5.51. The number of nitrogens with one attached hydrogen (secondary N) is 2. The molecular weight excluding hydrogens is 656 g/mol. The van der Waals surface area contributed by atoms with Crippen LogP contribution in [0.25, 0.3) is 22.3 Å². The summed E-state index contributed by atoms with van der Waals surface area (Å²) < 4.78 is 36.8. The summed E-state index contributed by atoms with van der Waals surface area (Å²) in [5.41, 5.74) is 3.67. The quantitative estimate of drug-likeness (QED) is 0.157. The Bertz CT molecular complexity index is 2010. The zero-order chi connectivity index (χ0) is 31.7. The summed E-state index contributed by atoms with van der Waals surface area (Å²) in [6.07, 6.45) is 3.76. The Labute approximate surface area is 270 Å². The van der Waals surface area contributed by atoms with Crippen molar-refractivity contribution in [2.75, 3.05) is 6.54 Å². The number of fused-ring (bicyclic) bond motifs is 1. The normalized spacial score (nSPS) is 13.2. The number of nitrogens with zero attached hydrogens (tertiary/aromatic N) is 2. The first-order valence-electron chi connectivity index (χ1n) is 15.0. The number of benzene rings is 3. The maximum atomic E-state index is 13.3. The summed E-state index contributed by atoms with van der Waals surface area (Å²) >= 11 is 3.69. The molecule has 0 radical (unpaired) electrons. The van der Waals surface area contributed by atoms with Gasteiger partial charge in [0.1, 0.15) is 22.9 Å². The van der Waals surface area contributed by atoms with Gasteiger partial charge in [0.15, 0.2) is 0 Å². The van der Waals surface area contributed by atoms with E-state index in [9.17, 15) is 18.0 Å². The molecule has 0 bridgehead atoms. The van der Waals surface area contributed by atoms with Crippen LogP contribution in [0.1, 0.15) is 77.0 Å². The van der Waals surface area contributed by atoms with Gasteiger partial charge in [0.25, 0.3) is 21.8 Å². The van der Waals surface area contributed by atoms with Crippen LogP contribution in [0.2, 0.25) is 0 Å². The largest absolute Gasteiger partial charge is 0.455 e. The number of aryl methyl sites for hydroxylation is 1. The van der Waals surface area contributed by atoms with Gasteiger partial charge in [-0.2, -0.15) is 0 Å². The highest BCUT2D eigenvalue weighted by Crippen LogP contribution is 2.42. The van der Waals surface area contributed by atoms with E-state index in [0.29, 0.717) is 46.1 Å². The molecule has 0 aliphatic heterocycles. The molecule has 2 N–H and O–H groups in total. The maximum absolute atomic E-state index is 13.3. The average Bonchev–Trinajstić information content (AvgIpc) is 3.75. The van der Waals surface area contributed by atoms with E-state index in [0.717, 1.165) is 48.2 Å². The average molecular weight is 690 g/mol. The highest BCUT2D eigenvalue weighted by atomic mass is 79.9. The van der Waals surface area contributed by atoms with Gasteiger partial charge in [0.05, 0.1) is 20.6 Å². The first-order valence-corrected chi connectivity index (χ1v) is 17.3. The molecule has 9 nitrogen and oxygen atoms in total. The second kappa shape index (κ2) is 12.6. The SMILES string of the molecule is CCCc1nc(C2CC2)c(C(=O)NCC)n1Cc1ccc2oc(-c3ccccc3C(=O)NS(=O)(=O)c3ccccc3)c(Br)c2c1. The summed E-state index contributed by atoms with van der Waals surface area (Å²) in [6.45, 7) is 5.01. The molecule has 6 rings (SSSR count). The van der Waals surface area contributed by atoms with Crippen LogP contribution in [-0.4, -0.2) is 36.3 Å². The third-order valence-electron chi connectivity index (χ3n) is 7.79. The Morgan fingerprint density at radius 3 is 2.44 bits per heavy atom. The van der Waals surface area contributed by atoms with Crippen LogP contribution in [0.15, 0.2) is 86.6 Å². The lowest BCUT2D eigenvalue weighted by atomic mass is 10.0. The van der Waals surface area contributed by atoms with Gasteiger partial charge in [-0.15, -0.1) is 0 Å². The van der Waals surface area contributed by atoms with E-state index in [-0.39, 0.29) is 16.4 Å². The van der Waals surface area contributed by atoms with E-state index in [2.05, 4.69) is 32.9 Å². The zero-order valence-electron chi connectivity index (χ0n) is 25.0. The van der Waals surface area contributed by atoms with Gasteiger partial charge in [-0.3, -0.25) is 9.59 Å². The smallest absolute Gasteiger partial charge is 0.269 e. The first kappa shape index (κ1) is 30.8. The number of carbonyl (C=O) groups excluding carboxylic acids is 2. The predicted octanol–water partition coefficient (Wildman–Crippen LogP) is 6.81. The van der Waals surface area contributed by atoms with Gasteiger partial charge in [-0.25, -0.2) is 18.1 Å². The molecule has 3 aromatic carbocycles. The molecule has 0 spiro atoms. The van der Waals surface area contributed by atoms with Crippen LogP contribution in [0.3, 0.4) is 0 Å². The minimum Gasteiger partial charge on any atom is -0.455 e. The van der Waals surface area contributed by atoms with Crippen LogP contribution in [0.5, 0.6) is 0 Å². The highest BCUT2D eigenvalue weighted by molar-refractivity contribution is 9.10. The van der Waals surface area contributed by atoms with Gasteiger partial charge in [-0.1, -0.05) is 49.4 Å². The van der Waals surface area contributed by atoms with E-state index >= 15 is 0 Å². The molecule has 1 fully saturated rings. The van der Waals surface area contributed by atoms with E-state index in [1.807, 2.05) is 29.7 Å². The van der Waals surface area contributed by atoms with E-state index in [4.69, 9.17) is 9.40 Å². The van der Waals surface area contributed by atoms with Crippen molar-refractivity contribution in [1.82, 2.24) is 19.6 Å². The number of hydrogen-bond acceptors (Lipinski definition) is 6. The third-order valence-corrected chi connectivity index (χ3v) is 9.93. The fourth-order valence-corrected chi connectivity index (χ4v) is 7.10. The molecule has 11 heteroatoms. The van der Waals surface area contributed by atoms with Gasteiger partial charge in [0.2, 0.25) is 0 Å². The Balaban J connectivity index is 1.35. The lowest BCUT2D eigenvalue weighted by molar-refractivity contribution is 0.0943. The van der Waals surface area contributed by atoms with E-state index in [1.54, 1.807) is 42.5 Å². The minimum atomic E-state index is -4.08. The van der Waals surface area contributed by atoms with Gasteiger partial charge < -0.3 is 14.3 Å². The molecule has 2 aromatic heterocycles. The van der Waals surface area contributed by atoms with E-state index < -0.39 is 15.9 Å². The number of amides is 2. The molecule has 0 saturated heterocycles. The molecule has 2 amide bonds. The van der Waals surface area contributed by atoms with Gasteiger partial charge in [0, 0.05) is 36.4 Å². The summed E-state index contributed by atoms with van der Waals surface area (Å²) in [5, 5.41) is 3.76. The molecule has 1 aliphatic carbocycles. The standard InChI is InChI=1S/C34H33BrN4O5S/c1-3-10-28-37-30(22-16-17-22)31(34(41)36-4-2)39(28)20-21-15-18-27-26(19-21)29(35)32(44-27)24-13-8-9-14-25(24)33(40)38-45(42,43)23-11-6-5-7-12-23/h5-9,11-15,18-19,22H,3-4,10,16-17,20H2,1-2H3,(H,36,41)(H,38,40). The van der Waals surface area contributed by atoms with Crippen molar-refractivity contribution in [3.05, 3.63) is 106 Å². The summed E-state index contributed by atoms with van der Waals surface area (Å²) in [6, 6.07) is 20.3. The van der Waals surface area contributed by atoms with Gasteiger partial charge in [-0.05, 0) is 78.0 Å². The number of halogens is 1. The van der Waals surface area contributed by atoms with Crippen LogP contribution in [0.4, 0.5) is 0 Å². The minimum absolute atomic E-state index is 0.00662. The number of hydrogen-bond donors (Lipinski definition) is 2. The zero-order valence-corrected chi connectivity index (χ0v) is 27.4. The van der Waals surface area contributed by atoms with Crippen LogP contribution in [0, 0.1) is 0 Å². The van der Waals surface area contributed by atoms with Crippen molar-refractivity contribution in [3.8, 4) is 11.3 Å². The van der Waals surface area contributed by atoms with Crippen molar-refractivity contribution in [2.24, 2.45) is 0 Å². The second-order valence-corrected chi connectivity index (χ2v) is 13.6. The van der Waals surface area contributed by atoms with Crippen molar-refractivity contribution in [3.63, 3.8) is 0 Å². The molecule has 1 aliphatic rings. The Hall–Kier alpha value is -4.22. The number of rotatable bonds is 11. The Kier molecular flexibility index (Phi) is 8.65. The van der Waals surface area contributed by atoms with E-state index in [1.165, 1.54) is 12.1 Å². The molecular formula is C34H33BrN4O5S. The topological polar surface area (TPSA) is 123 Å². The van der Waals surface area contributed by atoms with Crippen LogP contribution < -0.4 is 10.0 Å². The maximum Gasteiger partial charge on any atom is 0.269 e. The molecule has 2 heterocycles. The molecule has 0 unspecified atom stereocenters. The number of carbonyl (C=O) groups is 2.